The van der Waals surface area contributed by atoms with E-state index in [9.17, 15) is 22.0 Å². The van der Waals surface area contributed by atoms with Crippen molar-refractivity contribution < 1.29 is 22.0 Å². The van der Waals surface area contributed by atoms with Gasteiger partial charge in [-0.25, -0.2) is 22.0 Å². The van der Waals surface area contributed by atoms with Gasteiger partial charge in [0.2, 0.25) is 5.82 Å². The van der Waals surface area contributed by atoms with E-state index in [1.165, 1.54) is 13.8 Å². The molecule has 1 aromatic carbocycles. The van der Waals surface area contributed by atoms with Crippen molar-refractivity contribution >= 4 is 0 Å². The summed E-state index contributed by atoms with van der Waals surface area (Å²) in [5.74, 6) is -10.2. The quantitative estimate of drug-likeness (QED) is 0.383. The van der Waals surface area contributed by atoms with Crippen LogP contribution in [-0.2, 0) is 0 Å². The Morgan fingerprint density at radius 2 is 0.933 bits per heavy atom. The van der Waals surface area contributed by atoms with Gasteiger partial charge in [-0.3, -0.25) is 0 Å². The van der Waals surface area contributed by atoms with E-state index in [1.54, 1.807) is 0 Å². The van der Waals surface area contributed by atoms with Crippen molar-refractivity contribution in [2.45, 2.75) is 27.2 Å². The molecule has 5 heteroatoms. The number of halogens is 5. The SMILES string of the molecule is C.CC(C)c1c(F)c(F)c(F)c(F)c1F. The predicted molar refractivity (Wildman–Crippen MR) is 47.1 cm³/mol. The Labute approximate surface area is 84.7 Å². The molecule has 0 amide bonds. The molecule has 0 aliphatic carbocycles. The second-order valence-electron chi connectivity index (χ2n) is 3.14. The van der Waals surface area contributed by atoms with Gasteiger partial charge in [-0.05, 0) is 5.92 Å². The molecule has 0 aromatic heterocycles. The highest BCUT2D eigenvalue weighted by Gasteiger charge is 2.26. The van der Waals surface area contributed by atoms with Crippen LogP contribution >= 0.6 is 0 Å². The van der Waals surface area contributed by atoms with Gasteiger partial charge in [-0.1, -0.05) is 21.3 Å². The molecule has 0 unspecified atom stereocenters. The second-order valence-corrected chi connectivity index (χ2v) is 3.14. The van der Waals surface area contributed by atoms with E-state index >= 15 is 0 Å². The third kappa shape index (κ3) is 2.11. The van der Waals surface area contributed by atoms with Crippen LogP contribution in [0.2, 0.25) is 0 Å². The van der Waals surface area contributed by atoms with Crippen LogP contribution in [-0.4, -0.2) is 0 Å². The third-order valence-electron chi connectivity index (χ3n) is 1.82. The van der Waals surface area contributed by atoms with Gasteiger partial charge >= 0.3 is 0 Å². The lowest BCUT2D eigenvalue weighted by Gasteiger charge is -2.10. The first kappa shape index (κ1) is 13.9. The van der Waals surface area contributed by atoms with Gasteiger partial charge in [-0.15, -0.1) is 0 Å². The maximum atomic E-state index is 12.9. The molecule has 0 nitrogen and oxygen atoms in total. The van der Waals surface area contributed by atoms with E-state index in [2.05, 4.69) is 0 Å². The maximum absolute atomic E-state index is 12.9. The topological polar surface area (TPSA) is 0 Å². The zero-order valence-corrected chi connectivity index (χ0v) is 7.47. The summed E-state index contributed by atoms with van der Waals surface area (Å²) in [6, 6.07) is 0. The molecule has 1 aromatic rings. The lowest BCUT2D eigenvalue weighted by Crippen LogP contribution is -2.08. The van der Waals surface area contributed by atoms with Crippen molar-refractivity contribution in [1.29, 1.82) is 0 Å². The first-order valence-electron chi connectivity index (χ1n) is 3.89. The highest BCUT2D eigenvalue weighted by molar-refractivity contribution is 5.26. The average Bonchev–Trinajstić information content (AvgIpc) is 2.11. The summed E-state index contributed by atoms with van der Waals surface area (Å²) in [5.41, 5.74) is -0.776. The highest BCUT2D eigenvalue weighted by atomic mass is 19.2. The minimum Gasteiger partial charge on any atom is -0.203 e. The van der Waals surface area contributed by atoms with E-state index in [0.717, 1.165) is 0 Å². The van der Waals surface area contributed by atoms with Crippen molar-refractivity contribution in [2.75, 3.05) is 0 Å². The molecule has 0 saturated heterocycles. The Morgan fingerprint density at radius 3 is 1.20 bits per heavy atom. The molecule has 1 rings (SSSR count). The molecule has 0 saturated carbocycles. The summed E-state index contributed by atoms with van der Waals surface area (Å²) in [6.45, 7) is 2.69. The first-order chi connectivity index (χ1) is 6.37. The van der Waals surface area contributed by atoms with Crippen LogP contribution in [0.4, 0.5) is 22.0 Å². The Kier molecular flexibility index (Phi) is 4.25. The summed E-state index contributed by atoms with van der Waals surface area (Å²) in [5, 5.41) is 0. The molecule has 0 N–H and O–H groups in total. The summed E-state index contributed by atoms with van der Waals surface area (Å²) in [7, 11) is 0. The third-order valence-corrected chi connectivity index (χ3v) is 1.82. The van der Waals surface area contributed by atoms with Crippen molar-refractivity contribution in [1.82, 2.24) is 0 Å². The van der Waals surface area contributed by atoms with Crippen LogP contribution in [0.3, 0.4) is 0 Å². The first-order valence-corrected chi connectivity index (χ1v) is 3.89. The van der Waals surface area contributed by atoms with Crippen LogP contribution < -0.4 is 0 Å². The molecule has 0 aliphatic heterocycles. The minimum absolute atomic E-state index is 0. The minimum atomic E-state index is -2.12. The molecular formula is C10H11F5. The molecular weight excluding hydrogens is 215 g/mol. The smallest absolute Gasteiger partial charge is 0.200 e. The van der Waals surface area contributed by atoms with Crippen LogP contribution in [0.25, 0.3) is 0 Å². The van der Waals surface area contributed by atoms with E-state index in [1.807, 2.05) is 0 Å². The fraction of sp³-hybridized carbons (Fsp3) is 0.400. The Morgan fingerprint density at radius 1 is 0.667 bits per heavy atom. The number of benzene rings is 1. The molecule has 0 aliphatic rings. The molecule has 0 atom stereocenters. The molecule has 15 heavy (non-hydrogen) atoms. The lowest BCUT2D eigenvalue weighted by atomic mass is 10.0. The molecule has 0 spiro atoms. The Bertz CT molecular complexity index is 342. The summed E-state index contributed by atoms with van der Waals surface area (Å²) in [6.07, 6.45) is 0. The molecule has 0 bridgehead atoms. The molecule has 0 fully saturated rings. The monoisotopic (exact) mass is 226 g/mol. The fourth-order valence-electron chi connectivity index (χ4n) is 1.13. The summed E-state index contributed by atoms with van der Waals surface area (Å²) >= 11 is 0. The lowest BCUT2D eigenvalue weighted by molar-refractivity contribution is 0.366. The van der Waals surface area contributed by atoms with E-state index in [0.29, 0.717) is 0 Å². The van der Waals surface area contributed by atoms with Crippen LogP contribution in [0.5, 0.6) is 0 Å². The molecule has 86 valence electrons. The van der Waals surface area contributed by atoms with Gasteiger partial charge < -0.3 is 0 Å². The standard InChI is InChI=1S/C9H7F5.CH4/c1-3(2)4-5(10)7(12)9(14)8(13)6(4)11;/h3H,1-2H3;1H4. The average molecular weight is 226 g/mol. The van der Waals surface area contributed by atoms with Gasteiger partial charge in [-0.2, -0.15) is 0 Å². The summed E-state index contributed by atoms with van der Waals surface area (Å²) in [4.78, 5) is 0. The van der Waals surface area contributed by atoms with E-state index in [4.69, 9.17) is 0 Å². The van der Waals surface area contributed by atoms with Crippen LogP contribution in [0, 0.1) is 29.1 Å². The van der Waals surface area contributed by atoms with Gasteiger partial charge in [0.25, 0.3) is 0 Å². The number of rotatable bonds is 1. The Balaban J connectivity index is 0.00000196. The van der Waals surface area contributed by atoms with Crippen LogP contribution in [0.15, 0.2) is 0 Å². The summed E-state index contributed by atoms with van der Waals surface area (Å²) < 4.78 is 63.6. The van der Waals surface area contributed by atoms with Crippen molar-refractivity contribution in [3.05, 3.63) is 34.6 Å². The normalized spacial score (nSPS) is 10.4. The second kappa shape index (κ2) is 4.59. The van der Waals surface area contributed by atoms with Crippen LogP contribution in [0.1, 0.15) is 32.8 Å². The number of hydrogen-bond donors (Lipinski definition) is 0. The van der Waals surface area contributed by atoms with E-state index in [-0.39, 0.29) is 7.43 Å². The van der Waals surface area contributed by atoms with Gasteiger partial charge in [0.1, 0.15) is 0 Å². The maximum Gasteiger partial charge on any atom is 0.200 e. The zero-order chi connectivity index (χ0) is 11.0. The zero-order valence-electron chi connectivity index (χ0n) is 7.47. The van der Waals surface area contributed by atoms with Crippen molar-refractivity contribution in [3.8, 4) is 0 Å². The van der Waals surface area contributed by atoms with Crippen molar-refractivity contribution in [3.63, 3.8) is 0 Å². The predicted octanol–water partition coefficient (Wildman–Crippen LogP) is 4.14. The largest absolute Gasteiger partial charge is 0.203 e. The Hall–Kier alpha value is -1.13. The van der Waals surface area contributed by atoms with Gasteiger partial charge in [0, 0.05) is 5.56 Å². The highest BCUT2D eigenvalue weighted by Crippen LogP contribution is 2.28. The van der Waals surface area contributed by atoms with Gasteiger partial charge in [0.15, 0.2) is 23.3 Å². The molecule has 0 heterocycles. The van der Waals surface area contributed by atoms with Crippen molar-refractivity contribution in [2.24, 2.45) is 0 Å². The molecule has 0 radical (unpaired) electrons. The van der Waals surface area contributed by atoms with E-state index < -0.39 is 40.6 Å². The fourth-order valence-corrected chi connectivity index (χ4v) is 1.13. The van der Waals surface area contributed by atoms with Gasteiger partial charge in [0.05, 0.1) is 0 Å². The number of hydrogen-bond acceptors (Lipinski definition) is 0.